The van der Waals surface area contributed by atoms with Gasteiger partial charge in [0.2, 0.25) is 6.41 Å². The number of piperidine rings is 1. The highest BCUT2D eigenvalue weighted by atomic mass is 32.2. The highest BCUT2D eigenvalue weighted by molar-refractivity contribution is 7.82. The van der Waals surface area contributed by atoms with E-state index in [0.29, 0.717) is 22.6 Å². The highest BCUT2D eigenvalue weighted by Crippen LogP contribution is 2.23. The molecule has 22 heavy (non-hydrogen) atoms. The van der Waals surface area contributed by atoms with Gasteiger partial charge in [0, 0.05) is 18.7 Å². The molecule has 2 rings (SSSR count). The Kier molecular flexibility index (Phi) is 7.98. The van der Waals surface area contributed by atoms with Crippen molar-refractivity contribution in [3.8, 4) is 0 Å². The minimum atomic E-state index is -1.24. The molecule has 0 aromatic heterocycles. The van der Waals surface area contributed by atoms with Crippen molar-refractivity contribution >= 4 is 28.9 Å². The van der Waals surface area contributed by atoms with E-state index in [1.807, 2.05) is 18.2 Å². The van der Waals surface area contributed by atoms with Gasteiger partial charge in [-0.2, -0.15) is 0 Å². The van der Waals surface area contributed by atoms with Crippen LogP contribution < -0.4 is 5.32 Å². The second-order valence-corrected chi connectivity index (χ2v) is 6.25. The summed E-state index contributed by atoms with van der Waals surface area (Å²) in [5, 5.41) is 2.49. The van der Waals surface area contributed by atoms with E-state index in [4.69, 9.17) is 0 Å². The van der Waals surface area contributed by atoms with Gasteiger partial charge in [-0.1, -0.05) is 20.3 Å². The van der Waals surface area contributed by atoms with Gasteiger partial charge in [0.05, 0.1) is 10.6 Å². The van der Waals surface area contributed by atoms with Gasteiger partial charge in [0.25, 0.3) is 0 Å². The Morgan fingerprint density at radius 3 is 2.41 bits per heavy atom. The third-order valence-electron chi connectivity index (χ3n) is 3.34. The quantitative estimate of drug-likeness (QED) is 0.669. The Hall–Kier alpha value is -1.53. The first-order valence-corrected chi connectivity index (χ1v) is 8.76. The van der Waals surface area contributed by atoms with Crippen LogP contribution in [0.25, 0.3) is 0 Å². The lowest BCUT2D eigenvalue weighted by molar-refractivity contribution is -0.105. The van der Waals surface area contributed by atoms with Gasteiger partial charge in [-0.3, -0.25) is 9.59 Å². The largest absolute Gasteiger partial charge is 0.328 e. The number of anilines is 1. The summed E-state index contributed by atoms with van der Waals surface area (Å²) in [5.74, 6) is -0.160. The van der Waals surface area contributed by atoms with Crippen LogP contribution in [0.4, 0.5) is 5.69 Å². The van der Waals surface area contributed by atoms with Crippen molar-refractivity contribution in [2.45, 2.75) is 44.9 Å². The van der Waals surface area contributed by atoms with Crippen molar-refractivity contribution in [1.82, 2.24) is 4.31 Å². The first-order valence-electron chi connectivity index (χ1n) is 7.65. The fourth-order valence-electron chi connectivity index (χ4n) is 2.29. The van der Waals surface area contributed by atoms with E-state index in [-0.39, 0.29) is 5.78 Å². The number of rotatable bonds is 5. The van der Waals surface area contributed by atoms with Crippen molar-refractivity contribution in [3.05, 3.63) is 23.8 Å². The number of ketones is 1. The molecule has 1 saturated heterocycles. The molecular weight excluding hydrogens is 300 g/mol. The molecule has 1 N–H and O–H groups in total. The average Bonchev–Trinajstić information content (AvgIpc) is 2.57. The van der Waals surface area contributed by atoms with Gasteiger partial charge in [0.15, 0.2) is 5.78 Å². The summed E-state index contributed by atoms with van der Waals surface area (Å²) in [6.45, 7) is 7.06. The molecule has 0 bridgehead atoms. The molecule has 122 valence electrons. The van der Waals surface area contributed by atoms with Gasteiger partial charge < -0.3 is 5.32 Å². The summed E-state index contributed by atoms with van der Waals surface area (Å²) in [4.78, 5) is 22.8. The predicted octanol–water partition coefficient (Wildman–Crippen LogP) is 2.99. The van der Waals surface area contributed by atoms with Crippen molar-refractivity contribution in [2.75, 3.05) is 18.4 Å². The minimum Gasteiger partial charge on any atom is -0.328 e. The number of hydrogen-bond acceptors (Lipinski definition) is 3. The molecule has 1 fully saturated rings. The molecule has 1 aromatic carbocycles. The Balaban J connectivity index is 0.00000116. The molecule has 0 radical (unpaired) electrons. The third kappa shape index (κ3) is 4.74. The number of amides is 1. The van der Waals surface area contributed by atoms with Crippen molar-refractivity contribution in [2.24, 2.45) is 0 Å². The van der Waals surface area contributed by atoms with E-state index in [1.165, 1.54) is 13.3 Å². The molecule has 1 amide bonds. The van der Waals surface area contributed by atoms with E-state index >= 15 is 0 Å². The number of nitrogens with zero attached hydrogens (tertiary/aromatic N) is 1. The number of carbonyl (C=O) groups is 2. The Bertz CT molecular complexity index is 540. The first-order chi connectivity index (χ1) is 10.6. The van der Waals surface area contributed by atoms with Crippen molar-refractivity contribution in [1.29, 1.82) is 0 Å². The van der Waals surface area contributed by atoms with E-state index in [2.05, 4.69) is 5.32 Å². The molecule has 0 spiro atoms. The van der Waals surface area contributed by atoms with E-state index in [1.54, 1.807) is 18.2 Å². The van der Waals surface area contributed by atoms with Gasteiger partial charge >= 0.3 is 0 Å². The zero-order valence-electron chi connectivity index (χ0n) is 13.4. The summed E-state index contributed by atoms with van der Waals surface area (Å²) in [7, 11) is -1.24. The van der Waals surface area contributed by atoms with Gasteiger partial charge in [-0.25, -0.2) is 8.51 Å². The van der Waals surface area contributed by atoms with Gasteiger partial charge in [0.1, 0.15) is 11.0 Å². The fraction of sp³-hybridized carbons (Fsp3) is 0.500. The SMILES string of the molecule is CC.CC(=O)c1cc(S(=O)N2CCCCC2)ccc1NC=O. The zero-order chi connectivity index (χ0) is 16.5. The molecule has 1 aromatic rings. The normalized spacial score (nSPS) is 16.1. The van der Waals surface area contributed by atoms with Crippen LogP contribution in [0.1, 0.15) is 50.4 Å². The summed E-state index contributed by atoms with van der Waals surface area (Å²) < 4.78 is 14.4. The summed E-state index contributed by atoms with van der Waals surface area (Å²) in [5.41, 5.74) is 0.840. The van der Waals surface area contributed by atoms with Crippen LogP contribution in [-0.4, -0.2) is 33.8 Å². The Labute approximate surface area is 134 Å². The number of Topliss-reactive ketones (excluding diaryl/α,β-unsaturated/α-hetero) is 1. The standard InChI is InChI=1S/C14H18N2O3S.C2H6/c1-11(18)13-9-12(5-6-14(13)15-10-17)20(19)16-7-3-2-4-8-16;1-2/h5-6,9-10H,2-4,7-8H2,1H3,(H,15,17);1-2H3. The zero-order valence-corrected chi connectivity index (χ0v) is 14.2. The molecule has 5 nitrogen and oxygen atoms in total. The smallest absolute Gasteiger partial charge is 0.211 e. The highest BCUT2D eigenvalue weighted by Gasteiger charge is 2.19. The Morgan fingerprint density at radius 2 is 1.86 bits per heavy atom. The second-order valence-electron chi connectivity index (χ2n) is 4.76. The lowest BCUT2D eigenvalue weighted by Crippen LogP contribution is -2.31. The number of carbonyl (C=O) groups excluding carboxylic acids is 2. The first kappa shape index (κ1) is 18.5. The number of benzene rings is 1. The van der Waals surface area contributed by atoms with Crippen LogP contribution in [0, 0.1) is 0 Å². The number of nitrogens with one attached hydrogen (secondary N) is 1. The second kappa shape index (κ2) is 9.48. The Morgan fingerprint density at radius 1 is 1.23 bits per heavy atom. The fourth-order valence-corrected chi connectivity index (χ4v) is 3.58. The topological polar surface area (TPSA) is 66.5 Å². The van der Waals surface area contributed by atoms with Gasteiger partial charge in [-0.05, 0) is 38.0 Å². The molecule has 6 heteroatoms. The van der Waals surface area contributed by atoms with Crippen molar-refractivity contribution < 1.29 is 13.8 Å². The van der Waals surface area contributed by atoms with Crippen LogP contribution in [0.5, 0.6) is 0 Å². The minimum absolute atomic E-state index is 0.160. The maximum Gasteiger partial charge on any atom is 0.211 e. The van der Waals surface area contributed by atoms with E-state index < -0.39 is 11.0 Å². The van der Waals surface area contributed by atoms with Crippen molar-refractivity contribution in [3.63, 3.8) is 0 Å². The third-order valence-corrected chi connectivity index (χ3v) is 4.83. The van der Waals surface area contributed by atoms with Crippen LogP contribution >= 0.6 is 0 Å². The lowest BCUT2D eigenvalue weighted by atomic mass is 10.1. The predicted molar refractivity (Wildman–Crippen MR) is 89.3 cm³/mol. The molecule has 0 aliphatic carbocycles. The molecule has 1 aliphatic heterocycles. The van der Waals surface area contributed by atoms with Crippen LogP contribution in [-0.2, 0) is 15.8 Å². The summed E-state index contributed by atoms with van der Waals surface area (Å²) in [6, 6.07) is 4.93. The molecule has 0 saturated carbocycles. The van der Waals surface area contributed by atoms with Crippen LogP contribution in [0.3, 0.4) is 0 Å². The molecule has 1 heterocycles. The maximum atomic E-state index is 12.5. The molecule has 1 unspecified atom stereocenters. The summed E-state index contributed by atoms with van der Waals surface area (Å²) in [6.07, 6.45) is 3.81. The molecule has 1 aliphatic rings. The van der Waals surface area contributed by atoms with Gasteiger partial charge in [-0.15, -0.1) is 0 Å². The molecule has 1 atom stereocenters. The van der Waals surface area contributed by atoms with E-state index in [9.17, 15) is 13.8 Å². The number of hydrogen-bond donors (Lipinski definition) is 1. The monoisotopic (exact) mass is 324 g/mol. The van der Waals surface area contributed by atoms with Crippen LogP contribution in [0.2, 0.25) is 0 Å². The average molecular weight is 324 g/mol. The molecular formula is C16H24N2O3S. The lowest BCUT2D eigenvalue weighted by Gasteiger charge is -2.25. The maximum absolute atomic E-state index is 12.5. The van der Waals surface area contributed by atoms with Crippen LogP contribution in [0.15, 0.2) is 23.1 Å². The van der Waals surface area contributed by atoms with E-state index in [0.717, 1.165) is 25.9 Å². The summed E-state index contributed by atoms with van der Waals surface area (Å²) >= 11 is 0.